The quantitative estimate of drug-likeness (QED) is 0.730. The highest BCUT2D eigenvalue weighted by molar-refractivity contribution is 5.87. The van der Waals surface area contributed by atoms with Crippen LogP contribution in [0.5, 0.6) is 0 Å². The smallest absolute Gasteiger partial charge is 0.360 e. The Morgan fingerprint density at radius 3 is 3.00 bits per heavy atom. The van der Waals surface area contributed by atoms with Crippen LogP contribution in [0, 0.1) is 5.82 Å². The molecule has 0 aliphatic carbocycles. The Morgan fingerprint density at radius 2 is 2.31 bits per heavy atom. The predicted molar refractivity (Wildman–Crippen MR) is 53.2 cm³/mol. The number of hydrogen-bond donors (Lipinski definition) is 0. The highest BCUT2D eigenvalue weighted by atomic mass is 19.1. The lowest BCUT2D eigenvalue weighted by Gasteiger charge is -1.94. The minimum absolute atomic E-state index is 0.0572. The molecule has 0 saturated carbocycles. The number of rotatable bonds is 2. The summed E-state index contributed by atoms with van der Waals surface area (Å²) < 4.78 is 22.4. The van der Waals surface area contributed by atoms with Crippen LogP contribution < -0.4 is 0 Å². The number of nitrogens with zero attached hydrogens (tertiary/aromatic N) is 1. The lowest BCUT2D eigenvalue weighted by molar-refractivity contribution is 0.0594. The van der Waals surface area contributed by atoms with Crippen molar-refractivity contribution >= 4 is 5.97 Å². The second kappa shape index (κ2) is 4.14. The maximum atomic E-state index is 12.9. The Bertz CT molecular complexity index is 521. The van der Waals surface area contributed by atoms with Crippen LogP contribution in [0.2, 0.25) is 0 Å². The van der Waals surface area contributed by atoms with Crippen molar-refractivity contribution in [2.75, 3.05) is 7.11 Å². The summed E-state index contributed by atoms with van der Waals surface area (Å²) in [6.07, 6.45) is 1.17. The van der Waals surface area contributed by atoms with Crippen molar-refractivity contribution in [2.45, 2.75) is 0 Å². The zero-order valence-electron chi connectivity index (χ0n) is 8.44. The molecule has 0 aliphatic heterocycles. The van der Waals surface area contributed by atoms with Gasteiger partial charge < -0.3 is 9.15 Å². The van der Waals surface area contributed by atoms with Gasteiger partial charge in [-0.1, -0.05) is 6.07 Å². The summed E-state index contributed by atoms with van der Waals surface area (Å²) in [6.45, 7) is 0. The molecule has 82 valence electrons. The van der Waals surface area contributed by atoms with Crippen LogP contribution in [0.25, 0.3) is 11.5 Å². The van der Waals surface area contributed by atoms with Crippen molar-refractivity contribution < 1.29 is 18.3 Å². The lowest BCUT2D eigenvalue weighted by Crippen LogP contribution is -2.00. The van der Waals surface area contributed by atoms with Crippen LogP contribution in [-0.4, -0.2) is 18.1 Å². The van der Waals surface area contributed by atoms with Gasteiger partial charge in [-0.3, -0.25) is 0 Å². The fourth-order valence-corrected chi connectivity index (χ4v) is 1.23. The first-order valence-corrected chi connectivity index (χ1v) is 4.50. The lowest BCUT2D eigenvalue weighted by atomic mass is 10.2. The average molecular weight is 221 g/mol. The molecular formula is C11H8FNO3. The number of esters is 1. The van der Waals surface area contributed by atoms with E-state index in [4.69, 9.17) is 4.42 Å². The maximum Gasteiger partial charge on any atom is 0.360 e. The second-order valence-electron chi connectivity index (χ2n) is 3.04. The summed E-state index contributed by atoms with van der Waals surface area (Å²) in [4.78, 5) is 15.0. The maximum absolute atomic E-state index is 12.9. The molecule has 1 aromatic heterocycles. The van der Waals surface area contributed by atoms with Crippen LogP contribution in [0.1, 0.15) is 10.5 Å². The normalized spacial score (nSPS) is 10.1. The van der Waals surface area contributed by atoms with Gasteiger partial charge in [-0.15, -0.1) is 0 Å². The molecule has 2 rings (SSSR count). The van der Waals surface area contributed by atoms with E-state index in [0.717, 1.165) is 0 Å². The first-order valence-electron chi connectivity index (χ1n) is 4.50. The average Bonchev–Trinajstić information content (AvgIpc) is 2.77. The molecule has 0 bridgehead atoms. The van der Waals surface area contributed by atoms with E-state index in [0.29, 0.717) is 5.56 Å². The topological polar surface area (TPSA) is 52.3 Å². The molecule has 0 fully saturated rings. The summed E-state index contributed by atoms with van der Waals surface area (Å²) in [7, 11) is 1.25. The van der Waals surface area contributed by atoms with Crippen LogP contribution in [0.4, 0.5) is 4.39 Å². The molecule has 0 unspecified atom stereocenters. The zero-order valence-corrected chi connectivity index (χ0v) is 8.44. The molecule has 5 heteroatoms. The summed E-state index contributed by atoms with van der Waals surface area (Å²) in [6, 6.07) is 5.75. The third kappa shape index (κ3) is 1.93. The van der Waals surface area contributed by atoms with Crippen LogP contribution in [-0.2, 0) is 4.74 Å². The van der Waals surface area contributed by atoms with E-state index in [-0.39, 0.29) is 11.6 Å². The first kappa shape index (κ1) is 10.4. The van der Waals surface area contributed by atoms with E-state index in [1.54, 1.807) is 6.07 Å². The number of hydrogen-bond acceptors (Lipinski definition) is 4. The second-order valence-corrected chi connectivity index (χ2v) is 3.04. The molecule has 0 amide bonds. The summed E-state index contributed by atoms with van der Waals surface area (Å²) in [5.74, 6) is -0.804. The molecule has 0 saturated heterocycles. The molecule has 0 spiro atoms. The fourth-order valence-electron chi connectivity index (χ4n) is 1.23. The molecule has 1 heterocycles. The Hall–Kier alpha value is -2.17. The van der Waals surface area contributed by atoms with Crippen LogP contribution in [0.3, 0.4) is 0 Å². The van der Waals surface area contributed by atoms with Crippen LogP contribution in [0.15, 0.2) is 34.9 Å². The van der Waals surface area contributed by atoms with Gasteiger partial charge in [-0.25, -0.2) is 14.2 Å². The summed E-state index contributed by atoms with van der Waals surface area (Å²) >= 11 is 0. The number of aromatic nitrogens is 1. The number of methoxy groups -OCH3 is 1. The van der Waals surface area contributed by atoms with E-state index in [1.807, 2.05) is 0 Å². The van der Waals surface area contributed by atoms with Gasteiger partial charge in [0, 0.05) is 5.56 Å². The molecule has 0 N–H and O–H groups in total. The standard InChI is InChI=1S/C11H8FNO3/c1-15-11(14)9-6-16-10(13-9)7-3-2-4-8(12)5-7/h2-6H,1H3. The molecule has 0 aliphatic rings. The first-order chi connectivity index (χ1) is 7.70. The van der Waals surface area contributed by atoms with Gasteiger partial charge in [0.15, 0.2) is 5.69 Å². The van der Waals surface area contributed by atoms with Gasteiger partial charge in [0.05, 0.1) is 7.11 Å². The molecule has 1 aromatic carbocycles. The van der Waals surface area contributed by atoms with Crippen molar-refractivity contribution in [3.8, 4) is 11.5 Å². The number of oxazole rings is 1. The van der Waals surface area contributed by atoms with Gasteiger partial charge in [-0.2, -0.15) is 0 Å². The van der Waals surface area contributed by atoms with E-state index in [1.165, 1.54) is 31.6 Å². The summed E-state index contributed by atoms with van der Waals surface area (Å²) in [5.41, 5.74) is 0.525. The van der Waals surface area contributed by atoms with Gasteiger partial charge >= 0.3 is 5.97 Å². The fraction of sp³-hybridized carbons (Fsp3) is 0.0909. The Kier molecular flexibility index (Phi) is 2.68. The number of ether oxygens (including phenoxy) is 1. The van der Waals surface area contributed by atoms with Crippen molar-refractivity contribution in [3.05, 3.63) is 42.0 Å². The monoisotopic (exact) mass is 221 g/mol. The highest BCUT2D eigenvalue weighted by Crippen LogP contribution is 2.19. The van der Waals surface area contributed by atoms with Crippen molar-refractivity contribution in [3.63, 3.8) is 0 Å². The van der Waals surface area contributed by atoms with E-state index >= 15 is 0 Å². The molecule has 16 heavy (non-hydrogen) atoms. The predicted octanol–water partition coefficient (Wildman–Crippen LogP) is 2.27. The van der Waals surface area contributed by atoms with Crippen molar-refractivity contribution in [1.82, 2.24) is 4.98 Å². The van der Waals surface area contributed by atoms with E-state index in [9.17, 15) is 9.18 Å². The zero-order chi connectivity index (χ0) is 11.5. The highest BCUT2D eigenvalue weighted by Gasteiger charge is 2.13. The molecule has 4 nitrogen and oxygen atoms in total. The van der Waals surface area contributed by atoms with Crippen LogP contribution >= 0.6 is 0 Å². The van der Waals surface area contributed by atoms with Gasteiger partial charge in [0.25, 0.3) is 0 Å². The van der Waals surface area contributed by atoms with E-state index in [2.05, 4.69) is 9.72 Å². The molecule has 0 atom stereocenters. The van der Waals surface area contributed by atoms with Gasteiger partial charge in [0.2, 0.25) is 5.89 Å². The van der Waals surface area contributed by atoms with Crippen molar-refractivity contribution in [1.29, 1.82) is 0 Å². The Morgan fingerprint density at radius 1 is 1.50 bits per heavy atom. The Labute approximate surface area is 90.7 Å². The Balaban J connectivity index is 2.35. The SMILES string of the molecule is COC(=O)c1coc(-c2cccc(F)c2)n1. The number of carbonyl (C=O) groups excluding carboxylic acids is 1. The molecular weight excluding hydrogens is 213 g/mol. The van der Waals surface area contributed by atoms with Gasteiger partial charge in [0.1, 0.15) is 12.1 Å². The molecule has 2 aromatic rings. The number of carbonyl (C=O) groups is 1. The van der Waals surface area contributed by atoms with Crippen molar-refractivity contribution in [2.24, 2.45) is 0 Å². The summed E-state index contributed by atoms with van der Waals surface area (Å²) in [5, 5.41) is 0. The number of benzene rings is 1. The number of halogens is 1. The minimum atomic E-state index is -0.591. The largest absolute Gasteiger partial charge is 0.464 e. The minimum Gasteiger partial charge on any atom is -0.464 e. The molecule has 0 radical (unpaired) electrons. The van der Waals surface area contributed by atoms with E-state index < -0.39 is 11.8 Å². The third-order valence-corrected chi connectivity index (χ3v) is 1.97. The third-order valence-electron chi connectivity index (χ3n) is 1.97. The van der Waals surface area contributed by atoms with Gasteiger partial charge in [-0.05, 0) is 18.2 Å².